The number of halogens is 1. The predicted octanol–water partition coefficient (Wildman–Crippen LogP) is 4.10. The highest BCUT2D eigenvalue weighted by Gasteiger charge is 2.16. The first-order valence-electron chi connectivity index (χ1n) is 5.68. The molecule has 2 aromatic carbocycles. The van der Waals surface area contributed by atoms with Crippen LogP contribution >= 0.6 is 15.9 Å². The van der Waals surface area contributed by atoms with E-state index in [1.807, 2.05) is 42.5 Å². The van der Waals surface area contributed by atoms with Crippen LogP contribution in [-0.4, -0.2) is 11.9 Å². The van der Waals surface area contributed by atoms with Crippen molar-refractivity contribution in [3.05, 3.63) is 64.6 Å². The molecule has 2 nitrogen and oxygen atoms in total. The topological polar surface area (TPSA) is 26.3 Å². The lowest BCUT2D eigenvalue weighted by Gasteiger charge is -2.13. The maximum absolute atomic E-state index is 12.1. The monoisotopic (exact) mass is 304 g/mol. The normalized spacial score (nSPS) is 11.9. The van der Waals surface area contributed by atoms with Crippen molar-refractivity contribution in [3.8, 4) is 5.75 Å². The first kappa shape index (κ1) is 12.8. The van der Waals surface area contributed by atoms with Crippen LogP contribution in [0.15, 0.2) is 59.1 Å². The van der Waals surface area contributed by atoms with Gasteiger partial charge in [-0.25, -0.2) is 0 Å². The summed E-state index contributed by atoms with van der Waals surface area (Å²) in [4.78, 5) is 12.1. The number of ether oxygens (including phenoxy) is 1. The van der Waals surface area contributed by atoms with Gasteiger partial charge in [0.1, 0.15) is 5.75 Å². The minimum atomic E-state index is -0.492. The molecule has 0 heterocycles. The lowest BCUT2D eigenvalue weighted by atomic mass is 10.1. The molecular formula is C15H13BrO2. The molecule has 2 rings (SSSR count). The Morgan fingerprint density at radius 3 is 2.28 bits per heavy atom. The van der Waals surface area contributed by atoms with E-state index < -0.39 is 6.10 Å². The number of ketones is 1. The predicted molar refractivity (Wildman–Crippen MR) is 75.0 cm³/mol. The molecule has 0 saturated carbocycles. The Hall–Kier alpha value is -1.61. The Kier molecular flexibility index (Phi) is 4.15. The van der Waals surface area contributed by atoms with Crippen molar-refractivity contribution in [3.63, 3.8) is 0 Å². The molecule has 0 unspecified atom stereocenters. The third kappa shape index (κ3) is 3.20. The van der Waals surface area contributed by atoms with Gasteiger partial charge in [-0.2, -0.15) is 0 Å². The second kappa shape index (κ2) is 5.83. The van der Waals surface area contributed by atoms with Crippen molar-refractivity contribution >= 4 is 21.7 Å². The van der Waals surface area contributed by atoms with Crippen LogP contribution in [0.1, 0.15) is 17.3 Å². The van der Waals surface area contributed by atoms with Gasteiger partial charge in [-0.05, 0) is 31.2 Å². The summed E-state index contributed by atoms with van der Waals surface area (Å²) in [6.45, 7) is 1.76. The number of hydrogen-bond acceptors (Lipinski definition) is 2. The van der Waals surface area contributed by atoms with Gasteiger partial charge in [0.15, 0.2) is 6.10 Å². The van der Waals surface area contributed by atoms with Crippen LogP contribution < -0.4 is 4.74 Å². The number of carbonyl (C=O) groups is 1. The van der Waals surface area contributed by atoms with E-state index in [0.29, 0.717) is 11.3 Å². The Labute approximate surface area is 115 Å². The number of hydrogen-bond donors (Lipinski definition) is 0. The summed E-state index contributed by atoms with van der Waals surface area (Å²) in [6.07, 6.45) is -0.492. The van der Waals surface area contributed by atoms with Crippen molar-refractivity contribution in [1.29, 1.82) is 0 Å². The lowest BCUT2D eigenvalue weighted by molar-refractivity contribution is 0.0818. The molecular weight excluding hydrogens is 292 g/mol. The molecule has 0 bridgehead atoms. The summed E-state index contributed by atoms with van der Waals surface area (Å²) in [5.74, 6) is 0.675. The summed E-state index contributed by atoms with van der Waals surface area (Å²) >= 11 is 3.35. The van der Waals surface area contributed by atoms with Crippen molar-refractivity contribution < 1.29 is 9.53 Å². The Morgan fingerprint density at radius 2 is 1.67 bits per heavy atom. The summed E-state index contributed by atoms with van der Waals surface area (Å²) in [5, 5.41) is 0. The van der Waals surface area contributed by atoms with Gasteiger partial charge in [-0.15, -0.1) is 0 Å². The van der Waals surface area contributed by atoms with Gasteiger partial charge in [0.2, 0.25) is 5.78 Å². The molecule has 3 heteroatoms. The third-order valence-electron chi connectivity index (χ3n) is 2.55. The molecule has 0 radical (unpaired) electrons. The SMILES string of the molecule is C[C@@H](Oc1ccc(Br)cc1)C(=O)c1ccccc1. The lowest BCUT2D eigenvalue weighted by Crippen LogP contribution is -2.23. The first-order chi connectivity index (χ1) is 8.66. The summed E-state index contributed by atoms with van der Waals surface area (Å²) in [7, 11) is 0. The molecule has 0 N–H and O–H groups in total. The van der Waals surface area contributed by atoms with Crippen LogP contribution in [0.3, 0.4) is 0 Å². The number of rotatable bonds is 4. The molecule has 0 aliphatic rings. The largest absolute Gasteiger partial charge is 0.483 e. The Balaban J connectivity index is 2.06. The van der Waals surface area contributed by atoms with Crippen molar-refractivity contribution in [2.24, 2.45) is 0 Å². The molecule has 0 aliphatic carbocycles. The van der Waals surface area contributed by atoms with Crippen molar-refractivity contribution in [2.75, 3.05) is 0 Å². The minimum absolute atomic E-state index is 0.0153. The average Bonchev–Trinajstić information content (AvgIpc) is 2.41. The van der Waals surface area contributed by atoms with Gasteiger partial charge in [0.25, 0.3) is 0 Å². The average molecular weight is 305 g/mol. The summed E-state index contributed by atoms with van der Waals surface area (Å²) < 4.78 is 6.60. The van der Waals surface area contributed by atoms with Gasteiger partial charge in [0, 0.05) is 10.0 Å². The van der Waals surface area contributed by atoms with Crippen LogP contribution in [0, 0.1) is 0 Å². The van der Waals surface area contributed by atoms with Crippen LogP contribution in [0.5, 0.6) is 5.75 Å². The number of benzene rings is 2. The third-order valence-corrected chi connectivity index (χ3v) is 3.08. The fourth-order valence-corrected chi connectivity index (χ4v) is 1.87. The molecule has 1 atom stereocenters. The van der Waals surface area contributed by atoms with E-state index in [0.717, 1.165) is 4.47 Å². The summed E-state index contributed by atoms with van der Waals surface area (Å²) in [5.41, 5.74) is 0.669. The Morgan fingerprint density at radius 1 is 1.06 bits per heavy atom. The van der Waals surface area contributed by atoms with Crippen molar-refractivity contribution in [1.82, 2.24) is 0 Å². The highest BCUT2D eigenvalue weighted by Crippen LogP contribution is 2.18. The van der Waals surface area contributed by atoms with E-state index in [-0.39, 0.29) is 5.78 Å². The second-order valence-corrected chi connectivity index (χ2v) is 4.86. The first-order valence-corrected chi connectivity index (χ1v) is 6.47. The van der Waals surface area contributed by atoms with Gasteiger partial charge >= 0.3 is 0 Å². The zero-order chi connectivity index (χ0) is 13.0. The van der Waals surface area contributed by atoms with Gasteiger partial charge in [-0.1, -0.05) is 46.3 Å². The second-order valence-electron chi connectivity index (χ2n) is 3.94. The van der Waals surface area contributed by atoms with E-state index in [2.05, 4.69) is 15.9 Å². The zero-order valence-corrected chi connectivity index (χ0v) is 11.6. The molecule has 92 valence electrons. The molecule has 2 aromatic rings. The quantitative estimate of drug-likeness (QED) is 0.795. The Bertz CT molecular complexity index is 520. The molecule has 18 heavy (non-hydrogen) atoms. The van der Waals surface area contributed by atoms with Crippen LogP contribution in [0.2, 0.25) is 0 Å². The maximum Gasteiger partial charge on any atom is 0.202 e. The van der Waals surface area contributed by atoms with Crippen LogP contribution in [0.4, 0.5) is 0 Å². The molecule has 0 fully saturated rings. The maximum atomic E-state index is 12.1. The van der Waals surface area contributed by atoms with Crippen LogP contribution in [0.25, 0.3) is 0 Å². The highest BCUT2D eigenvalue weighted by atomic mass is 79.9. The molecule has 0 aliphatic heterocycles. The van der Waals surface area contributed by atoms with Gasteiger partial charge in [0.05, 0.1) is 0 Å². The van der Waals surface area contributed by atoms with Crippen LogP contribution in [-0.2, 0) is 0 Å². The fourth-order valence-electron chi connectivity index (χ4n) is 1.61. The van der Waals surface area contributed by atoms with E-state index in [4.69, 9.17) is 4.74 Å². The number of carbonyl (C=O) groups excluding carboxylic acids is 1. The summed E-state index contributed by atoms with van der Waals surface area (Å²) in [6, 6.07) is 16.6. The van der Waals surface area contributed by atoms with E-state index in [1.165, 1.54) is 0 Å². The van der Waals surface area contributed by atoms with Gasteiger partial charge in [-0.3, -0.25) is 4.79 Å². The minimum Gasteiger partial charge on any atom is -0.483 e. The van der Waals surface area contributed by atoms with E-state index >= 15 is 0 Å². The van der Waals surface area contributed by atoms with E-state index in [9.17, 15) is 4.79 Å². The standard InChI is InChI=1S/C15H13BrO2/c1-11(15(17)12-5-3-2-4-6-12)18-14-9-7-13(16)8-10-14/h2-11H,1H3/t11-/m1/s1. The smallest absolute Gasteiger partial charge is 0.202 e. The molecule has 0 amide bonds. The zero-order valence-electron chi connectivity index (χ0n) is 9.97. The molecule has 0 aromatic heterocycles. The van der Waals surface area contributed by atoms with E-state index in [1.54, 1.807) is 19.1 Å². The van der Waals surface area contributed by atoms with Gasteiger partial charge < -0.3 is 4.74 Å². The van der Waals surface area contributed by atoms with Crippen molar-refractivity contribution in [2.45, 2.75) is 13.0 Å². The highest BCUT2D eigenvalue weighted by molar-refractivity contribution is 9.10. The fraction of sp³-hybridized carbons (Fsp3) is 0.133. The number of Topliss-reactive ketones (excluding diaryl/α,β-unsaturated/α-hetero) is 1. The molecule has 0 saturated heterocycles. The molecule has 0 spiro atoms.